The summed E-state index contributed by atoms with van der Waals surface area (Å²) in [5.74, 6) is -1.04. The highest BCUT2D eigenvalue weighted by molar-refractivity contribution is 6.03. The lowest BCUT2D eigenvalue weighted by Crippen LogP contribution is -2.67. The number of likely N-dealkylation sites (N-methyl/N-ethyl adjacent to an activating group) is 1. The second-order valence-corrected chi connectivity index (χ2v) is 12.0. The van der Waals surface area contributed by atoms with Crippen LogP contribution in [0.3, 0.4) is 0 Å². The molecule has 0 bridgehead atoms. The van der Waals surface area contributed by atoms with E-state index in [-0.39, 0.29) is 18.1 Å². The van der Waals surface area contributed by atoms with Crippen LogP contribution in [0.5, 0.6) is 0 Å². The fourth-order valence-electron chi connectivity index (χ4n) is 5.42. The van der Waals surface area contributed by atoms with E-state index in [9.17, 15) is 14.4 Å². The Labute approximate surface area is 258 Å². The molecular weight excluding hydrogens is 560 g/mol. The molecule has 2 aliphatic rings. The molecule has 1 fully saturated rings. The van der Waals surface area contributed by atoms with Gasteiger partial charge in [0.05, 0.1) is 18.4 Å². The van der Waals surface area contributed by atoms with Gasteiger partial charge in [0, 0.05) is 44.4 Å². The van der Waals surface area contributed by atoms with Crippen molar-refractivity contribution < 1.29 is 23.5 Å². The van der Waals surface area contributed by atoms with Crippen molar-refractivity contribution in [2.75, 3.05) is 44.8 Å². The molecule has 1 saturated heterocycles. The number of nitrogens with one attached hydrogen (secondary N) is 3. The van der Waals surface area contributed by atoms with Crippen LogP contribution >= 0.6 is 0 Å². The summed E-state index contributed by atoms with van der Waals surface area (Å²) in [5.41, 5.74) is 2.76. The van der Waals surface area contributed by atoms with Crippen LogP contribution in [0.4, 0.5) is 10.5 Å². The van der Waals surface area contributed by atoms with Crippen molar-refractivity contribution in [3.63, 3.8) is 0 Å². The van der Waals surface area contributed by atoms with Crippen LogP contribution in [0.1, 0.15) is 60.9 Å². The molecule has 11 heteroatoms. The first-order valence-corrected chi connectivity index (χ1v) is 15.2. The van der Waals surface area contributed by atoms with E-state index in [1.165, 1.54) is 6.26 Å². The van der Waals surface area contributed by atoms with Gasteiger partial charge in [-0.1, -0.05) is 55.8 Å². The zero-order chi connectivity index (χ0) is 31.3. The Hall–Kier alpha value is -4.19. The lowest BCUT2D eigenvalue weighted by molar-refractivity contribution is -0.131. The fourth-order valence-corrected chi connectivity index (χ4v) is 5.42. The van der Waals surface area contributed by atoms with Crippen LogP contribution in [0.2, 0.25) is 0 Å². The van der Waals surface area contributed by atoms with Gasteiger partial charge in [-0.15, -0.1) is 0 Å². The van der Waals surface area contributed by atoms with Gasteiger partial charge < -0.3 is 24.7 Å². The van der Waals surface area contributed by atoms with Crippen LogP contribution in [-0.4, -0.2) is 67.5 Å². The van der Waals surface area contributed by atoms with Gasteiger partial charge in [0.15, 0.2) is 5.76 Å². The SMILES string of the molecule is CCCCOC(=O)N1NC(NC(=O)c2ccc(CN3CCN(C)CC3)cc2)(C(=O)NC(C)(C)c2ccccc2)c2occc21. The van der Waals surface area contributed by atoms with Gasteiger partial charge in [0.1, 0.15) is 5.69 Å². The smallest absolute Gasteiger partial charge is 0.429 e. The molecule has 234 valence electrons. The predicted molar refractivity (Wildman–Crippen MR) is 167 cm³/mol. The normalized spacial score (nSPS) is 19.0. The minimum atomic E-state index is -1.94. The molecule has 5 rings (SSSR count). The number of hydrogen-bond acceptors (Lipinski definition) is 8. The van der Waals surface area contributed by atoms with Gasteiger partial charge >= 0.3 is 6.09 Å². The monoisotopic (exact) mass is 602 g/mol. The van der Waals surface area contributed by atoms with Crippen molar-refractivity contribution in [2.45, 2.75) is 51.4 Å². The number of hydrogen-bond donors (Lipinski definition) is 3. The highest BCUT2D eigenvalue weighted by atomic mass is 16.6. The van der Waals surface area contributed by atoms with E-state index in [4.69, 9.17) is 9.15 Å². The van der Waals surface area contributed by atoms with Crippen LogP contribution in [-0.2, 0) is 27.3 Å². The lowest BCUT2D eigenvalue weighted by atomic mass is 9.93. The number of unbranched alkanes of at least 4 members (excludes halogenated alkanes) is 1. The van der Waals surface area contributed by atoms with Crippen LogP contribution in [0, 0.1) is 0 Å². The molecule has 11 nitrogen and oxygen atoms in total. The Morgan fingerprint density at radius 3 is 2.39 bits per heavy atom. The van der Waals surface area contributed by atoms with Crippen LogP contribution < -0.4 is 21.1 Å². The topological polar surface area (TPSA) is 119 Å². The summed E-state index contributed by atoms with van der Waals surface area (Å²) in [6.45, 7) is 10.8. The molecule has 0 radical (unpaired) electrons. The summed E-state index contributed by atoms with van der Waals surface area (Å²) in [4.78, 5) is 45.9. The molecule has 3 heterocycles. The maximum absolute atomic E-state index is 14.3. The number of ether oxygens (including phenoxy) is 1. The van der Waals surface area contributed by atoms with Crippen molar-refractivity contribution in [3.05, 3.63) is 89.4 Å². The number of hydrazine groups is 1. The number of carbonyl (C=O) groups is 3. The molecule has 0 spiro atoms. The minimum Gasteiger partial charge on any atom is -0.462 e. The van der Waals surface area contributed by atoms with Crippen LogP contribution in [0.15, 0.2) is 71.3 Å². The number of rotatable bonds is 10. The van der Waals surface area contributed by atoms with Crippen molar-refractivity contribution in [2.24, 2.45) is 0 Å². The zero-order valence-corrected chi connectivity index (χ0v) is 25.9. The average Bonchev–Trinajstić information content (AvgIpc) is 3.62. The number of benzene rings is 2. The molecule has 1 atom stereocenters. The summed E-state index contributed by atoms with van der Waals surface area (Å²) < 4.78 is 11.2. The Kier molecular flexibility index (Phi) is 9.38. The summed E-state index contributed by atoms with van der Waals surface area (Å²) >= 11 is 0. The third-order valence-corrected chi connectivity index (χ3v) is 8.19. The number of furan rings is 1. The van der Waals surface area contributed by atoms with E-state index in [0.717, 1.165) is 55.3 Å². The third kappa shape index (κ3) is 6.64. The molecule has 0 saturated carbocycles. The van der Waals surface area contributed by atoms with E-state index in [0.29, 0.717) is 12.0 Å². The number of carbonyl (C=O) groups excluding carboxylic acids is 3. The minimum absolute atomic E-state index is 0.0753. The number of amides is 3. The maximum Gasteiger partial charge on any atom is 0.429 e. The Balaban J connectivity index is 1.41. The first kappa shape index (κ1) is 31.2. The molecule has 1 aromatic heterocycles. The van der Waals surface area contributed by atoms with Crippen molar-refractivity contribution >= 4 is 23.6 Å². The van der Waals surface area contributed by atoms with Gasteiger partial charge in [-0.05, 0) is 50.6 Å². The number of anilines is 1. The Bertz CT molecular complexity index is 1450. The second-order valence-electron chi connectivity index (χ2n) is 12.0. The predicted octanol–water partition coefficient (Wildman–Crippen LogP) is 3.92. The summed E-state index contributed by atoms with van der Waals surface area (Å²) in [5, 5.41) is 7.02. The molecule has 3 N–H and O–H groups in total. The summed E-state index contributed by atoms with van der Waals surface area (Å²) in [7, 11) is 2.12. The molecule has 1 unspecified atom stereocenters. The zero-order valence-electron chi connectivity index (χ0n) is 25.9. The van der Waals surface area contributed by atoms with Gasteiger partial charge in [-0.25, -0.2) is 9.80 Å². The molecular formula is C33H42N6O5. The van der Waals surface area contributed by atoms with Crippen LogP contribution in [0.25, 0.3) is 0 Å². The second kappa shape index (κ2) is 13.2. The lowest BCUT2D eigenvalue weighted by Gasteiger charge is -2.34. The van der Waals surface area contributed by atoms with E-state index < -0.39 is 29.1 Å². The molecule has 44 heavy (non-hydrogen) atoms. The number of fused-ring (bicyclic) bond motifs is 1. The Morgan fingerprint density at radius 2 is 1.70 bits per heavy atom. The maximum atomic E-state index is 14.3. The highest BCUT2D eigenvalue weighted by Crippen LogP contribution is 2.38. The van der Waals surface area contributed by atoms with Crippen molar-refractivity contribution in [1.82, 2.24) is 25.9 Å². The Morgan fingerprint density at radius 1 is 1.00 bits per heavy atom. The van der Waals surface area contributed by atoms with E-state index >= 15 is 0 Å². The highest BCUT2D eigenvalue weighted by Gasteiger charge is 2.56. The molecule has 2 aliphatic heterocycles. The van der Waals surface area contributed by atoms with Crippen molar-refractivity contribution in [1.29, 1.82) is 0 Å². The van der Waals surface area contributed by atoms with Gasteiger partial charge in [-0.2, -0.15) is 5.43 Å². The first-order valence-electron chi connectivity index (χ1n) is 15.2. The van der Waals surface area contributed by atoms with Crippen molar-refractivity contribution in [3.8, 4) is 0 Å². The van der Waals surface area contributed by atoms with E-state index in [2.05, 4.69) is 32.9 Å². The largest absolute Gasteiger partial charge is 0.462 e. The third-order valence-electron chi connectivity index (χ3n) is 8.19. The standard InChI is InChI=1S/C33H42N6O5/c1-5-6-21-44-31(42)39-27-16-22-43-28(27)33(36-39,30(41)35-32(2,3)26-10-8-7-9-11-26)34-29(40)25-14-12-24(13-15-25)23-38-19-17-37(4)18-20-38/h7-16,22,36H,5-6,17-21,23H2,1-4H3,(H,34,40)(H,35,41). The molecule has 3 aromatic rings. The number of nitrogens with zero attached hydrogens (tertiary/aromatic N) is 3. The molecule has 2 aromatic carbocycles. The first-order chi connectivity index (χ1) is 21.1. The fraction of sp³-hybridized carbons (Fsp3) is 0.424. The number of piperazine rings is 1. The molecule has 3 amide bonds. The quantitative estimate of drug-likeness (QED) is 0.299. The summed E-state index contributed by atoms with van der Waals surface area (Å²) in [6.07, 6.45) is 2.21. The average molecular weight is 603 g/mol. The molecule has 0 aliphatic carbocycles. The van der Waals surface area contributed by atoms with Gasteiger partial charge in [-0.3, -0.25) is 14.5 Å². The van der Waals surface area contributed by atoms with Gasteiger partial charge in [0.2, 0.25) is 0 Å². The van der Waals surface area contributed by atoms with E-state index in [1.54, 1.807) is 18.2 Å². The summed E-state index contributed by atoms with van der Waals surface area (Å²) in [6, 6.07) is 18.4. The van der Waals surface area contributed by atoms with E-state index in [1.807, 2.05) is 63.2 Å². The van der Waals surface area contributed by atoms with Gasteiger partial charge in [0.25, 0.3) is 17.5 Å².